The summed E-state index contributed by atoms with van der Waals surface area (Å²) in [6.45, 7) is 4.00. The number of rotatable bonds is 4. The fraction of sp³-hybridized carbons (Fsp3) is 0.158. The van der Waals surface area contributed by atoms with Crippen molar-refractivity contribution in [1.82, 2.24) is 9.78 Å². The van der Waals surface area contributed by atoms with Crippen molar-refractivity contribution in [3.63, 3.8) is 0 Å². The van der Waals surface area contributed by atoms with Crippen LogP contribution in [0.3, 0.4) is 0 Å². The fourth-order valence-corrected chi connectivity index (χ4v) is 2.75. The molecule has 0 atom stereocenters. The standard InChI is InChI=1S/C19H18ClN3O/c1-3-14-6-4-5-7-18(14)23-13(2)17(12-21-23)19(24)22-16-10-8-15(20)9-11-16/h4-12H,3H2,1-2H3,(H,22,24). The van der Waals surface area contributed by atoms with E-state index < -0.39 is 0 Å². The first-order chi connectivity index (χ1) is 11.6. The summed E-state index contributed by atoms with van der Waals surface area (Å²) in [5, 5.41) is 7.91. The van der Waals surface area contributed by atoms with Crippen molar-refractivity contribution >= 4 is 23.2 Å². The molecule has 4 nitrogen and oxygen atoms in total. The second kappa shape index (κ2) is 6.89. The molecule has 3 rings (SSSR count). The Balaban J connectivity index is 1.89. The van der Waals surface area contributed by atoms with Crippen LogP contribution in [0.25, 0.3) is 5.69 Å². The third kappa shape index (κ3) is 3.19. The molecule has 1 aromatic heterocycles. The van der Waals surface area contributed by atoms with Crippen molar-refractivity contribution in [3.05, 3.63) is 76.6 Å². The molecular weight excluding hydrogens is 322 g/mol. The maximum absolute atomic E-state index is 12.5. The summed E-state index contributed by atoms with van der Waals surface area (Å²) in [5.41, 5.74) is 4.25. The zero-order chi connectivity index (χ0) is 17.1. The van der Waals surface area contributed by atoms with Crippen LogP contribution in [0.5, 0.6) is 0 Å². The van der Waals surface area contributed by atoms with Gasteiger partial charge in [-0.05, 0) is 49.2 Å². The second-order valence-electron chi connectivity index (χ2n) is 5.50. The predicted molar refractivity (Wildman–Crippen MR) is 97.1 cm³/mol. The number of anilines is 1. The van der Waals surface area contributed by atoms with Gasteiger partial charge in [0, 0.05) is 10.7 Å². The zero-order valence-electron chi connectivity index (χ0n) is 13.6. The number of carbonyl (C=O) groups is 1. The molecule has 1 amide bonds. The van der Waals surface area contributed by atoms with Crippen molar-refractivity contribution in [2.45, 2.75) is 20.3 Å². The number of hydrogen-bond donors (Lipinski definition) is 1. The lowest BCUT2D eigenvalue weighted by Crippen LogP contribution is -2.13. The van der Waals surface area contributed by atoms with Gasteiger partial charge in [-0.15, -0.1) is 0 Å². The molecule has 0 aliphatic heterocycles. The molecule has 122 valence electrons. The number of nitrogens with one attached hydrogen (secondary N) is 1. The number of benzene rings is 2. The summed E-state index contributed by atoms with van der Waals surface area (Å²) >= 11 is 5.86. The average Bonchev–Trinajstić information content (AvgIpc) is 2.98. The van der Waals surface area contributed by atoms with Gasteiger partial charge in [-0.1, -0.05) is 36.7 Å². The molecule has 0 radical (unpaired) electrons. The minimum absolute atomic E-state index is 0.185. The highest BCUT2D eigenvalue weighted by Crippen LogP contribution is 2.20. The van der Waals surface area contributed by atoms with Crippen molar-refractivity contribution in [2.24, 2.45) is 0 Å². The van der Waals surface area contributed by atoms with Crippen molar-refractivity contribution in [2.75, 3.05) is 5.32 Å². The van der Waals surface area contributed by atoms with Gasteiger partial charge in [0.05, 0.1) is 23.1 Å². The number of nitrogens with zero attached hydrogens (tertiary/aromatic N) is 2. The largest absolute Gasteiger partial charge is 0.322 e. The first-order valence-corrected chi connectivity index (χ1v) is 8.17. The number of aryl methyl sites for hydroxylation is 1. The molecule has 3 aromatic rings. The van der Waals surface area contributed by atoms with Crippen molar-refractivity contribution in [1.29, 1.82) is 0 Å². The van der Waals surface area contributed by atoms with E-state index in [0.717, 1.165) is 17.8 Å². The Morgan fingerprint density at radius 3 is 2.58 bits per heavy atom. The van der Waals surface area contributed by atoms with E-state index in [2.05, 4.69) is 23.4 Å². The molecule has 0 saturated carbocycles. The SMILES string of the molecule is CCc1ccccc1-n1ncc(C(=O)Nc2ccc(Cl)cc2)c1C. The summed E-state index contributed by atoms with van der Waals surface area (Å²) in [7, 11) is 0. The van der Waals surface area contributed by atoms with E-state index in [9.17, 15) is 4.79 Å². The smallest absolute Gasteiger partial charge is 0.259 e. The average molecular weight is 340 g/mol. The van der Waals surface area contributed by atoms with E-state index in [1.165, 1.54) is 5.56 Å². The van der Waals surface area contributed by atoms with Gasteiger partial charge in [0.2, 0.25) is 0 Å². The molecule has 5 heteroatoms. The molecule has 1 N–H and O–H groups in total. The Morgan fingerprint density at radius 1 is 1.17 bits per heavy atom. The van der Waals surface area contributed by atoms with Gasteiger partial charge in [-0.25, -0.2) is 4.68 Å². The summed E-state index contributed by atoms with van der Waals surface area (Å²) in [4.78, 5) is 12.5. The zero-order valence-corrected chi connectivity index (χ0v) is 14.3. The van der Waals surface area contributed by atoms with Gasteiger partial charge < -0.3 is 5.32 Å². The van der Waals surface area contributed by atoms with Crippen LogP contribution in [-0.4, -0.2) is 15.7 Å². The van der Waals surface area contributed by atoms with Gasteiger partial charge in [0.15, 0.2) is 0 Å². The van der Waals surface area contributed by atoms with E-state index >= 15 is 0 Å². The number of carbonyl (C=O) groups excluding carboxylic acids is 1. The lowest BCUT2D eigenvalue weighted by molar-refractivity contribution is 0.102. The Kier molecular flexibility index (Phi) is 4.67. The third-order valence-corrected chi connectivity index (χ3v) is 4.21. The summed E-state index contributed by atoms with van der Waals surface area (Å²) in [6, 6.07) is 15.1. The third-order valence-electron chi connectivity index (χ3n) is 3.96. The molecule has 0 fully saturated rings. The molecule has 1 heterocycles. The maximum Gasteiger partial charge on any atom is 0.259 e. The number of aromatic nitrogens is 2. The molecule has 0 spiro atoms. The number of amides is 1. The first-order valence-electron chi connectivity index (χ1n) is 7.80. The van der Waals surface area contributed by atoms with Crippen molar-refractivity contribution in [3.8, 4) is 5.69 Å². The molecule has 0 bridgehead atoms. The molecule has 0 saturated heterocycles. The minimum Gasteiger partial charge on any atom is -0.322 e. The monoisotopic (exact) mass is 339 g/mol. The normalized spacial score (nSPS) is 10.6. The van der Waals surface area contributed by atoms with Gasteiger partial charge in [-0.2, -0.15) is 5.10 Å². The Morgan fingerprint density at radius 2 is 1.88 bits per heavy atom. The molecule has 2 aromatic carbocycles. The van der Waals surface area contributed by atoms with Crippen LogP contribution in [0.4, 0.5) is 5.69 Å². The maximum atomic E-state index is 12.5. The summed E-state index contributed by atoms with van der Waals surface area (Å²) in [6.07, 6.45) is 2.51. The molecular formula is C19H18ClN3O. The Labute approximate surface area is 146 Å². The Hall–Kier alpha value is -2.59. The molecule has 0 unspecified atom stereocenters. The van der Waals surface area contributed by atoms with Crippen LogP contribution in [0.2, 0.25) is 5.02 Å². The van der Waals surface area contributed by atoms with Crippen LogP contribution in [0.1, 0.15) is 28.5 Å². The summed E-state index contributed by atoms with van der Waals surface area (Å²) < 4.78 is 1.82. The second-order valence-corrected chi connectivity index (χ2v) is 5.94. The van der Waals surface area contributed by atoms with Crippen LogP contribution in [0.15, 0.2) is 54.7 Å². The topological polar surface area (TPSA) is 46.9 Å². The highest BCUT2D eigenvalue weighted by molar-refractivity contribution is 6.30. The van der Waals surface area contributed by atoms with E-state index in [-0.39, 0.29) is 5.91 Å². The lowest BCUT2D eigenvalue weighted by atomic mass is 10.1. The van der Waals surface area contributed by atoms with Crippen LogP contribution >= 0.6 is 11.6 Å². The minimum atomic E-state index is -0.185. The molecule has 0 aliphatic rings. The van der Waals surface area contributed by atoms with Crippen LogP contribution in [-0.2, 0) is 6.42 Å². The van der Waals surface area contributed by atoms with Crippen molar-refractivity contribution < 1.29 is 4.79 Å². The van der Waals surface area contributed by atoms with Gasteiger partial charge >= 0.3 is 0 Å². The lowest BCUT2D eigenvalue weighted by Gasteiger charge is -2.10. The van der Waals surface area contributed by atoms with E-state index in [4.69, 9.17) is 11.6 Å². The van der Waals surface area contributed by atoms with Crippen LogP contribution < -0.4 is 5.32 Å². The number of hydrogen-bond acceptors (Lipinski definition) is 2. The van der Waals surface area contributed by atoms with Gasteiger partial charge in [0.1, 0.15) is 0 Å². The van der Waals surface area contributed by atoms with E-state index in [1.54, 1.807) is 30.5 Å². The van der Waals surface area contributed by atoms with Gasteiger partial charge in [-0.3, -0.25) is 4.79 Å². The quantitative estimate of drug-likeness (QED) is 0.752. The first kappa shape index (κ1) is 16.3. The van der Waals surface area contributed by atoms with E-state index in [1.807, 2.05) is 29.8 Å². The summed E-state index contributed by atoms with van der Waals surface area (Å²) in [5.74, 6) is -0.185. The highest BCUT2D eigenvalue weighted by Gasteiger charge is 2.16. The molecule has 0 aliphatic carbocycles. The van der Waals surface area contributed by atoms with Crippen LogP contribution in [0, 0.1) is 6.92 Å². The predicted octanol–water partition coefficient (Wildman–Crippen LogP) is 4.65. The van der Waals surface area contributed by atoms with Gasteiger partial charge in [0.25, 0.3) is 5.91 Å². The van der Waals surface area contributed by atoms with E-state index in [0.29, 0.717) is 16.3 Å². The fourth-order valence-electron chi connectivity index (χ4n) is 2.62. The number of halogens is 1. The molecule has 24 heavy (non-hydrogen) atoms. The Bertz CT molecular complexity index is 869. The highest BCUT2D eigenvalue weighted by atomic mass is 35.5. The number of para-hydroxylation sites is 1.